The van der Waals surface area contributed by atoms with Crippen LogP contribution >= 0.6 is 0 Å². The Kier molecular flexibility index (Phi) is 14.9. The predicted octanol–water partition coefficient (Wildman–Crippen LogP) is -8.42. The number of hydrogen-bond acceptors (Lipinski definition) is 18. The van der Waals surface area contributed by atoms with E-state index in [2.05, 4.69) is 30.8 Å². The molecule has 2 aromatic carbocycles. The Morgan fingerprint density at radius 2 is 1.05 bits per heavy atom. The van der Waals surface area contributed by atoms with Crippen molar-refractivity contribution in [2.75, 3.05) is 26.2 Å². The van der Waals surface area contributed by atoms with E-state index >= 15 is 0 Å². The van der Waals surface area contributed by atoms with Gasteiger partial charge in [-0.05, 0) is 12.1 Å². The van der Waals surface area contributed by atoms with Crippen LogP contribution in [0.2, 0.25) is 12.6 Å². The SMILES string of the molecule is NC(C(=O)N1CC(OC2C[B-](O)(O)Oc3c(C(=O)O)cccc32)C1)c1cn[nH]n1.NC(C(=O)N1CC(OC2C[B-](O)(O)Oc3c(C(=O)O)cccc32)C1)c1cn[nH]n1.[Na+].[Na+]. The number of aromatic carboxylic acids is 2. The molecule has 2 aromatic heterocycles. The van der Waals surface area contributed by atoms with Gasteiger partial charge in [0.25, 0.3) is 0 Å². The monoisotopic (exact) mass is 854 g/mol. The molecule has 0 saturated carbocycles. The molecular weight excluding hydrogens is 816 g/mol. The number of benzene rings is 2. The molecule has 24 nitrogen and oxygen atoms in total. The summed E-state index contributed by atoms with van der Waals surface area (Å²) in [7, 11) is 0. The standard InChI is InChI=1S/2C16H19BN5O7.2Na/c2*18-13(11-5-19-21-20-11)15(23)22-6-8(7-22)28-12-4-17(26,27)29-14-9(12)2-1-3-10(14)16(24)25;;/h2*1-3,5,8,12-13,26-27H,4,6-7,18H2,(H,24,25)(H,19,20,21);;/q2*-1;2*+1. The maximum atomic E-state index is 12.4. The first-order valence-corrected chi connectivity index (χ1v) is 17.9. The molecule has 8 rings (SSSR count). The third-order valence-corrected chi connectivity index (χ3v) is 9.97. The summed E-state index contributed by atoms with van der Waals surface area (Å²) in [4.78, 5) is 50.6. The van der Waals surface area contributed by atoms with Gasteiger partial charge in [-0.15, -0.1) is 0 Å². The van der Waals surface area contributed by atoms with Crippen LogP contribution in [0.3, 0.4) is 0 Å². The number of carbonyl (C=O) groups excluding carboxylic acids is 2. The summed E-state index contributed by atoms with van der Waals surface area (Å²) in [5.41, 5.74) is 12.9. The number of nitrogens with zero attached hydrogens (tertiary/aromatic N) is 6. The van der Waals surface area contributed by atoms with E-state index in [4.69, 9.17) is 30.2 Å². The van der Waals surface area contributed by atoms with Crippen LogP contribution < -0.4 is 79.9 Å². The van der Waals surface area contributed by atoms with Crippen LogP contribution in [0.4, 0.5) is 0 Å². The van der Waals surface area contributed by atoms with Gasteiger partial charge >= 0.3 is 84.6 Å². The number of aromatic nitrogens is 6. The minimum atomic E-state index is -3.28. The van der Waals surface area contributed by atoms with E-state index in [-0.39, 0.29) is 145 Å². The third-order valence-electron chi connectivity index (χ3n) is 9.97. The quantitative estimate of drug-likeness (QED) is 0.0662. The zero-order valence-electron chi connectivity index (χ0n) is 32.3. The van der Waals surface area contributed by atoms with Crippen LogP contribution in [0.1, 0.15) is 67.5 Å². The Bertz CT molecular complexity index is 2030. The Hall–Kier alpha value is -3.99. The van der Waals surface area contributed by atoms with Crippen LogP contribution in [0.5, 0.6) is 11.5 Å². The van der Waals surface area contributed by atoms with Crippen molar-refractivity contribution in [2.45, 2.75) is 49.1 Å². The first-order valence-electron chi connectivity index (χ1n) is 17.9. The zero-order valence-corrected chi connectivity index (χ0v) is 36.3. The average Bonchev–Trinajstić information content (AvgIpc) is 3.88. The molecule has 28 heteroatoms. The molecule has 4 atom stereocenters. The van der Waals surface area contributed by atoms with E-state index in [9.17, 15) is 49.5 Å². The summed E-state index contributed by atoms with van der Waals surface area (Å²) in [5, 5.41) is 78.5. The molecule has 2 fully saturated rings. The Labute approximate surface area is 383 Å². The van der Waals surface area contributed by atoms with Crippen molar-refractivity contribution >= 4 is 37.3 Å². The van der Waals surface area contributed by atoms with Gasteiger partial charge in [0, 0.05) is 37.3 Å². The number of nitrogens with one attached hydrogen (secondary N) is 2. The average molecular weight is 854 g/mol. The number of carboxylic acids is 2. The maximum Gasteiger partial charge on any atom is 1.00 e. The van der Waals surface area contributed by atoms with E-state index in [0.717, 1.165) is 0 Å². The van der Waals surface area contributed by atoms with Gasteiger partial charge in [0.2, 0.25) is 11.8 Å². The van der Waals surface area contributed by atoms with E-state index < -0.39 is 49.7 Å². The second-order valence-electron chi connectivity index (χ2n) is 14.2. The topological polar surface area (TPSA) is 368 Å². The summed E-state index contributed by atoms with van der Waals surface area (Å²) in [6.45, 7) is -5.53. The number of H-pyrrole nitrogens is 2. The number of rotatable bonds is 10. The van der Waals surface area contributed by atoms with Crippen LogP contribution in [0.25, 0.3) is 0 Å². The largest absolute Gasteiger partial charge is 1.00 e. The first kappa shape index (κ1) is 47.1. The van der Waals surface area contributed by atoms with Crippen LogP contribution in [0, 0.1) is 0 Å². The molecule has 2 amide bonds. The molecular formula is C32H38B2N10Na2O14. The van der Waals surface area contributed by atoms with Crippen molar-refractivity contribution in [3.63, 3.8) is 0 Å². The van der Waals surface area contributed by atoms with Gasteiger partial charge in [0.15, 0.2) is 0 Å². The number of ether oxygens (including phenoxy) is 2. The fourth-order valence-electron chi connectivity index (χ4n) is 7.00. The molecule has 0 radical (unpaired) electrons. The van der Waals surface area contributed by atoms with Crippen LogP contribution in [0.15, 0.2) is 48.8 Å². The fourth-order valence-corrected chi connectivity index (χ4v) is 7.00. The number of fused-ring (bicyclic) bond motifs is 2. The van der Waals surface area contributed by atoms with Crippen molar-refractivity contribution < 1.29 is 127 Å². The smallest absolute Gasteiger partial charge is 0.669 e. The van der Waals surface area contributed by atoms with Crippen molar-refractivity contribution in [3.05, 3.63) is 82.4 Å². The van der Waals surface area contributed by atoms with Crippen LogP contribution in [-0.2, 0) is 19.1 Å². The Balaban J connectivity index is 0.000000220. The molecule has 4 aromatic rings. The maximum absolute atomic E-state index is 12.4. The summed E-state index contributed by atoms with van der Waals surface area (Å²) in [6.07, 6.45) is -0.0882. The Morgan fingerprint density at radius 3 is 1.37 bits per heavy atom. The van der Waals surface area contributed by atoms with Gasteiger partial charge in [0.1, 0.15) is 23.5 Å². The van der Waals surface area contributed by atoms with Crippen molar-refractivity contribution in [1.29, 1.82) is 0 Å². The second kappa shape index (κ2) is 19.0. The number of carboxylic acid groups (broad SMARTS) is 2. The van der Waals surface area contributed by atoms with Crippen molar-refractivity contribution in [2.24, 2.45) is 11.5 Å². The number of para-hydroxylation sites is 2. The predicted molar refractivity (Wildman–Crippen MR) is 193 cm³/mol. The van der Waals surface area contributed by atoms with Gasteiger partial charge in [-0.3, -0.25) is 9.59 Å². The molecule has 4 aliphatic heterocycles. The van der Waals surface area contributed by atoms with Gasteiger partial charge in [-0.1, -0.05) is 36.9 Å². The Morgan fingerprint density at radius 1 is 0.683 bits per heavy atom. The van der Waals surface area contributed by atoms with Gasteiger partial charge in [0.05, 0.1) is 59.4 Å². The van der Waals surface area contributed by atoms with E-state index in [0.29, 0.717) is 22.5 Å². The van der Waals surface area contributed by atoms with Crippen molar-refractivity contribution in [1.82, 2.24) is 40.6 Å². The van der Waals surface area contributed by atoms with E-state index in [1.54, 1.807) is 12.1 Å². The normalized spacial score (nSPS) is 20.9. The molecule has 2 saturated heterocycles. The molecule has 60 heavy (non-hydrogen) atoms. The summed E-state index contributed by atoms with van der Waals surface area (Å²) < 4.78 is 22.1. The van der Waals surface area contributed by atoms with Crippen molar-refractivity contribution in [3.8, 4) is 11.5 Å². The minimum absolute atomic E-state index is 0. The molecule has 0 aliphatic carbocycles. The number of carbonyl (C=O) groups is 4. The van der Waals surface area contributed by atoms with E-state index in [1.165, 1.54) is 46.5 Å². The number of hydrogen-bond donors (Lipinski definition) is 10. The number of amides is 2. The molecule has 308 valence electrons. The molecule has 12 N–H and O–H groups in total. The zero-order chi connectivity index (χ0) is 41.5. The summed E-state index contributed by atoms with van der Waals surface area (Å²) in [6, 6.07) is 7.02. The number of nitrogens with two attached hydrogens (primary N) is 2. The summed E-state index contributed by atoms with van der Waals surface area (Å²) in [5.74, 6) is -3.42. The molecule has 0 bridgehead atoms. The summed E-state index contributed by atoms with van der Waals surface area (Å²) >= 11 is 0. The molecule has 4 aliphatic rings. The van der Waals surface area contributed by atoms with Gasteiger partial charge in [-0.2, -0.15) is 30.8 Å². The first-order chi connectivity index (χ1) is 27.5. The molecule has 6 heterocycles. The van der Waals surface area contributed by atoms with E-state index in [1.807, 2.05) is 0 Å². The van der Waals surface area contributed by atoms with Gasteiger partial charge in [-0.25, -0.2) is 9.59 Å². The number of aromatic amines is 2. The molecule has 0 spiro atoms. The van der Waals surface area contributed by atoms with Crippen LogP contribution in [-0.4, -0.2) is 147 Å². The van der Waals surface area contributed by atoms with Gasteiger partial charge < -0.3 is 70.4 Å². The molecule has 4 unspecified atom stereocenters. The third kappa shape index (κ3) is 10.2. The fraction of sp³-hybridized carbons (Fsp3) is 0.375. The minimum Gasteiger partial charge on any atom is -0.669 e. The number of likely N-dealkylation sites (tertiary alicyclic amines) is 2. The second-order valence-corrected chi connectivity index (χ2v) is 14.2.